The monoisotopic (exact) mass is 323 g/mol. The summed E-state index contributed by atoms with van der Waals surface area (Å²) >= 11 is 0. The number of aromatic nitrogens is 2. The number of anilines is 1. The maximum absolute atomic E-state index is 13.2. The number of piperidine rings is 1. The minimum atomic E-state index is -4.56. The summed E-state index contributed by atoms with van der Waals surface area (Å²) in [4.78, 5) is 9.70. The lowest BCUT2D eigenvalue weighted by atomic mass is 10.1. The summed E-state index contributed by atoms with van der Waals surface area (Å²) in [7, 11) is 0. The molecule has 2 heterocycles. The molecule has 1 aliphatic rings. The summed E-state index contributed by atoms with van der Waals surface area (Å²) in [5.41, 5.74) is -0.803. The van der Waals surface area contributed by atoms with E-state index in [1.54, 1.807) is 12.1 Å². The van der Waals surface area contributed by atoms with Gasteiger partial charge < -0.3 is 10.0 Å². The predicted molar refractivity (Wildman–Crippen MR) is 80.2 cm³/mol. The highest BCUT2D eigenvalue weighted by atomic mass is 19.4. The van der Waals surface area contributed by atoms with E-state index in [1.165, 1.54) is 12.1 Å². The van der Waals surface area contributed by atoms with Gasteiger partial charge in [0.2, 0.25) is 0 Å². The van der Waals surface area contributed by atoms with Crippen molar-refractivity contribution in [3.05, 3.63) is 36.0 Å². The Kier molecular flexibility index (Phi) is 4.11. The van der Waals surface area contributed by atoms with Crippen LogP contribution < -0.4 is 4.90 Å². The molecule has 0 unspecified atom stereocenters. The van der Waals surface area contributed by atoms with Crippen LogP contribution in [0.25, 0.3) is 11.4 Å². The summed E-state index contributed by atoms with van der Waals surface area (Å²) in [5.74, 6) is 0.000181. The summed E-state index contributed by atoms with van der Waals surface area (Å²) in [6.07, 6.45) is -1.64. The van der Waals surface area contributed by atoms with Crippen LogP contribution in [-0.4, -0.2) is 28.2 Å². The Hall–Kier alpha value is -2.31. The molecule has 0 atom stereocenters. The van der Waals surface area contributed by atoms with Crippen LogP contribution in [0.5, 0.6) is 5.75 Å². The second-order valence-electron chi connectivity index (χ2n) is 5.50. The van der Waals surface area contributed by atoms with Crippen molar-refractivity contribution >= 4 is 5.82 Å². The van der Waals surface area contributed by atoms with Gasteiger partial charge in [-0.25, -0.2) is 9.97 Å². The summed E-state index contributed by atoms with van der Waals surface area (Å²) in [5, 5.41) is 9.88. The molecule has 1 aliphatic heterocycles. The minimum absolute atomic E-state index is 0.113. The molecule has 1 fully saturated rings. The largest absolute Gasteiger partial charge is 0.507 e. The molecule has 1 N–H and O–H groups in total. The van der Waals surface area contributed by atoms with Crippen LogP contribution in [0.15, 0.2) is 30.3 Å². The first-order chi connectivity index (χ1) is 10.9. The van der Waals surface area contributed by atoms with Crippen LogP contribution in [0.3, 0.4) is 0 Å². The number of aromatic hydroxyl groups is 1. The maximum atomic E-state index is 13.2. The van der Waals surface area contributed by atoms with Crippen LogP contribution in [0.1, 0.15) is 25.0 Å². The van der Waals surface area contributed by atoms with Gasteiger partial charge in [-0.15, -0.1) is 0 Å². The quantitative estimate of drug-likeness (QED) is 0.912. The van der Waals surface area contributed by atoms with Gasteiger partial charge in [-0.3, -0.25) is 0 Å². The Labute approximate surface area is 131 Å². The van der Waals surface area contributed by atoms with Crippen LogP contribution in [0.2, 0.25) is 0 Å². The summed E-state index contributed by atoms with van der Waals surface area (Å²) < 4.78 is 39.5. The predicted octanol–water partition coefficient (Wildman–Crippen LogP) is 3.86. The molecular formula is C16H16F3N3O. The number of halogens is 3. The van der Waals surface area contributed by atoms with Gasteiger partial charge in [-0.2, -0.15) is 13.2 Å². The Morgan fingerprint density at radius 3 is 2.35 bits per heavy atom. The van der Waals surface area contributed by atoms with Crippen LogP contribution in [0, 0.1) is 0 Å². The molecule has 1 aromatic carbocycles. The van der Waals surface area contributed by atoms with Crippen molar-refractivity contribution < 1.29 is 18.3 Å². The fourth-order valence-electron chi connectivity index (χ4n) is 2.65. The zero-order valence-electron chi connectivity index (χ0n) is 12.3. The number of phenolic OH excluding ortho intramolecular Hbond substituents is 1. The second-order valence-corrected chi connectivity index (χ2v) is 5.50. The minimum Gasteiger partial charge on any atom is -0.507 e. The standard InChI is InChI=1S/C16H16F3N3O/c17-16(18,19)13-10-14(22-8-4-1-5-9-22)21-15(20-13)11-6-2-3-7-12(11)23/h2-3,6-7,10,23H,1,4-5,8-9H2. The van der Waals surface area contributed by atoms with Crippen LogP contribution >= 0.6 is 0 Å². The lowest BCUT2D eigenvalue weighted by Gasteiger charge is -2.28. The van der Waals surface area contributed by atoms with E-state index in [1.807, 2.05) is 4.90 Å². The lowest BCUT2D eigenvalue weighted by molar-refractivity contribution is -0.141. The topological polar surface area (TPSA) is 49.3 Å². The molecule has 0 bridgehead atoms. The molecule has 2 aromatic rings. The fourth-order valence-corrected chi connectivity index (χ4v) is 2.65. The van der Waals surface area contributed by atoms with E-state index in [9.17, 15) is 18.3 Å². The zero-order chi connectivity index (χ0) is 16.4. The van der Waals surface area contributed by atoms with Gasteiger partial charge in [0.15, 0.2) is 11.5 Å². The van der Waals surface area contributed by atoms with E-state index in [4.69, 9.17) is 0 Å². The molecule has 122 valence electrons. The molecule has 1 saturated heterocycles. The van der Waals surface area contributed by atoms with Gasteiger partial charge in [0, 0.05) is 19.2 Å². The first-order valence-electron chi connectivity index (χ1n) is 7.45. The molecule has 23 heavy (non-hydrogen) atoms. The molecular weight excluding hydrogens is 307 g/mol. The van der Waals surface area contributed by atoms with E-state index in [-0.39, 0.29) is 23.0 Å². The Morgan fingerprint density at radius 1 is 1.00 bits per heavy atom. The first-order valence-corrected chi connectivity index (χ1v) is 7.45. The van der Waals surface area contributed by atoms with Crippen molar-refractivity contribution in [3.8, 4) is 17.1 Å². The molecule has 3 rings (SSSR count). The zero-order valence-corrected chi connectivity index (χ0v) is 12.3. The Bertz CT molecular complexity index is 697. The summed E-state index contributed by atoms with van der Waals surface area (Å²) in [6.45, 7) is 1.35. The third kappa shape index (κ3) is 3.38. The molecule has 0 radical (unpaired) electrons. The van der Waals surface area contributed by atoms with Gasteiger partial charge in [-0.1, -0.05) is 12.1 Å². The van der Waals surface area contributed by atoms with E-state index in [0.717, 1.165) is 25.3 Å². The highest BCUT2D eigenvalue weighted by Gasteiger charge is 2.34. The molecule has 0 amide bonds. The molecule has 1 aromatic heterocycles. The fraction of sp³-hybridized carbons (Fsp3) is 0.375. The van der Waals surface area contributed by atoms with Crippen molar-refractivity contribution in [2.75, 3.05) is 18.0 Å². The van der Waals surface area contributed by atoms with Crippen molar-refractivity contribution in [3.63, 3.8) is 0 Å². The second kappa shape index (κ2) is 6.06. The SMILES string of the molecule is Oc1ccccc1-c1nc(N2CCCCC2)cc(C(F)(F)F)n1. The smallest absolute Gasteiger partial charge is 0.433 e. The lowest BCUT2D eigenvalue weighted by Crippen LogP contribution is -2.30. The Morgan fingerprint density at radius 2 is 1.70 bits per heavy atom. The average molecular weight is 323 g/mol. The van der Waals surface area contributed by atoms with Crippen molar-refractivity contribution in [1.29, 1.82) is 0 Å². The number of para-hydroxylation sites is 1. The highest BCUT2D eigenvalue weighted by molar-refractivity contribution is 5.65. The average Bonchev–Trinajstić information content (AvgIpc) is 2.55. The van der Waals surface area contributed by atoms with Gasteiger partial charge in [0.25, 0.3) is 0 Å². The van der Waals surface area contributed by atoms with Gasteiger partial charge >= 0.3 is 6.18 Å². The van der Waals surface area contributed by atoms with Crippen molar-refractivity contribution in [1.82, 2.24) is 9.97 Å². The van der Waals surface area contributed by atoms with Crippen LogP contribution in [-0.2, 0) is 6.18 Å². The first kappa shape index (κ1) is 15.6. The number of alkyl halides is 3. The van der Waals surface area contributed by atoms with E-state index in [2.05, 4.69) is 9.97 Å². The third-order valence-corrected chi connectivity index (χ3v) is 3.83. The van der Waals surface area contributed by atoms with Crippen molar-refractivity contribution in [2.45, 2.75) is 25.4 Å². The number of hydrogen-bond donors (Lipinski definition) is 1. The molecule has 7 heteroatoms. The molecule has 4 nitrogen and oxygen atoms in total. The normalized spacial score (nSPS) is 15.7. The molecule has 0 saturated carbocycles. The number of hydrogen-bond acceptors (Lipinski definition) is 4. The van der Waals surface area contributed by atoms with Gasteiger partial charge in [0.1, 0.15) is 11.6 Å². The van der Waals surface area contributed by atoms with E-state index >= 15 is 0 Å². The number of benzene rings is 1. The summed E-state index contributed by atoms with van der Waals surface area (Å²) in [6, 6.07) is 7.11. The van der Waals surface area contributed by atoms with Crippen LogP contribution in [0.4, 0.5) is 19.0 Å². The van der Waals surface area contributed by atoms with E-state index in [0.29, 0.717) is 13.1 Å². The van der Waals surface area contributed by atoms with Crippen molar-refractivity contribution in [2.24, 2.45) is 0 Å². The molecule has 0 spiro atoms. The van der Waals surface area contributed by atoms with Gasteiger partial charge in [0.05, 0.1) is 5.56 Å². The number of rotatable bonds is 2. The van der Waals surface area contributed by atoms with E-state index < -0.39 is 11.9 Å². The number of nitrogens with zero attached hydrogens (tertiary/aromatic N) is 3. The highest BCUT2D eigenvalue weighted by Crippen LogP contribution is 2.34. The van der Waals surface area contributed by atoms with Gasteiger partial charge in [-0.05, 0) is 31.4 Å². The third-order valence-electron chi connectivity index (χ3n) is 3.83. The maximum Gasteiger partial charge on any atom is 0.433 e. The Balaban J connectivity index is 2.10. The number of phenols is 1. The molecule has 0 aliphatic carbocycles.